The van der Waals surface area contributed by atoms with Crippen LogP contribution in [0, 0.1) is 5.92 Å². The van der Waals surface area contributed by atoms with Gasteiger partial charge in [-0.3, -0.25) is 19.2 Å². The summed E-state index contributed by atoms with van der Waals surface area (Å²) in [5.74, 6) is -2.43. The van der Waals surface area contributed by atoms with E-state index in [1.54, 1.807) is 47.5 Å². The molecule has 9 heteroatoms. The molecule has 0 bridgehead atoms. The first-order valence-electron chi connectivity index (χ1n) is 10.1. The molecule has 2 N–H and O–H groups in total. The van der Waals surface area contributed by atoms with Crippen LogP contribution in [0.25, 0.3) is 0 Å². The molecule has 2 aliphatic heterocycles. The van der Waals surface area contributed by atoms with Crippen molar-refractivity contribution >= 4 is 52.3 Å². The molecule has 0 saturated carbocycles. The molecule has 0 aromatic heterocycles. The zero-order valence-corrected chi connectivity index (χ0v) is 18.5. The van der Waals surface area contributed by atoms with Gasteiger partial charge in [0.05, 0.1) is 27.5 Å². The number of benzene rings is 3. The van der Waals surface area contributed by atoms with Crippen molar-refractivity contribution in [2.45, 2.75) is 12.1 Å². The van der Waals surface area contributed by atoms with Gasteiger partial charge in [0.25, 0.3) is 5.91 Å². The maximum absolute atomic E-state index is 13.6. The molecule has 0 radical (unpaired) electrons. The van der Waals surface area contributed by atoms with E-state index in [1.165, 1.54) is 0 Å². The Morgan fingerprint density at radius 2 is 1.48 bits per heavy atom. The van der Waals surface area contributed by atoms with E-state index < -0.39 is 35.8 Å². The zero-order valence-electron chi connectivity index (χ0n) is 17.0. The highest BCUT2D eigenvalue weighted by molar-refractivity contribution is 6.42. The van der Waals surface area contributed by atoms with Crippen LogP contribution in [0.1, 0.15) is 22.0 Å². The Hall–Kier alpha value is -3.39. The van der Waals surface area contributed by atoms with Crippen LogP contribution in [-0.4, -0.2) is 23.8 Å². The first-order chi connectivity index (χ1) is 15.9. The highest BCUT2D eigenvalue weighted by Crippen LogP contribution is 2.49. The van der Waals surface area contributed by atoms with Crippen LogP contribution >= 0.6 is 23.2 Å². The predicted molar refractivity (Wildman–Crippen MR) is 124 cm³/mol. The van der Waals surface area contributed by atoms with Crippen LogP contribution in [0.4, 0.5) is 11.4 Å². The van der Waals surface area contributed by atoms with Gasteiger partial charge in [-0.25, -0.2) is 9.96 Å². The summed E-state index contributed by atoms with van der Waals surface area (Å²) >= 11 is 12.6. The minimum absolute atomic E-state index is 0.142. The first-order valence-corrected chi connectivity index (χ1v) is 10.9. The van der Waals surface area contributed by atoms with E-state index in [1.807, 2.05) is 30.3 Å². The van der Waals surface area contributed by atoms with E-state index >= 15 is 0 Å². The molecule has 2 fully saturated rings. The average Bonchev–Trinajstić information content (AvgIpc) is 3.31. The molecule has 3 atom stereocenters. The van der Waals surface area contributed by atoms with Crippen LogP contribution in [0.2, 0.25) is 10.0 Å². The van der Waals surface area contributed by atoms with E-state index in [0.29, 0.717) is 16.8 Å². The molecular formula is C24H17Cl2N3O4. The second-order valence-electron chi connectivity index (χ2n) is 7.73. The Kier molecular flexibility index (Phi) is 5.32. The maximum Gasteiger partial charge on any atom is 0.266 e. The van der Waals surface area contributed by atoms with E-state index in [9.17, 15) is 14.4 Å². The second kappa shape index (κ2) is 8.19. The number of para-hydroxylation sites is 2. The molecule has 2 heterocycles. The first kappa shape index (κ1) is 21.5. The summed E-state index contributed by atoms with van der Waals surface area (Å²) in [6.07, 6.45) is -1.06. The molecule has 3 amide bonds. The number of nitrogens with zero attached hydrogens (tertiary/aromatic N) is 2. The quantitative estimate of drug-likeness (QED) is 0.565. The van der Waals surface area contributed by atoms with Gasteiger partial charge in [-0.1, -0.05) is 59.6 Å². The molecule has 0 spiro atoms. The summed E-state index contributed by atoms with van der Waals surface area (Å²) in [5.41, 5.74) is 7.21. The van der Waals surface area contributed by atoms with Crippen molar-refractivity contribution in [1.29, 1.82) is 0 Å². The Bertz CT molecular complexity index is 1250. The molecular weight excluding hydrogens is 465 g/mol. The Morgan fingerprint density at radius 3 is 2.09 bits per heavy atom. The number of hydroxylamine groups is 1. The molecule has 7 nitrogen and oxygen atoms in total. The van der Waals surface area contributed by atoms with Crippen LogP contribution in [0.15, 0.2) is 72.8 Å². The van der Waals surface area contributed by atoms with E-state index in [0.717, 1.165) is 4.90 Å². The monoisotopic (exact) mass is 481 g/mol. The van der Waals surface area contributed by atoms with Crippen molar-refractivity contribution in [2.24, 2.45) is 11.7 Å². The van der Waals surface area contributed by atoms with Gasteiger partial charge in [0.15, 0.2) is 6.10 Å². The summed E-state index contributed by atoms with van der Waals surface area (Å²) in [4.78, 5) is 45.6. The lowest BCUT2D eigenvalue weighted by molar-refractivity contribution is -0.126. The molecule has 33 heavy (non-hydrogen) atoms. The number of halogens is 2. The minimum Gasteiger partial charge on any atom is -0.366 e. The van der Waals surface area contributed by atoms with Gasteiger partial charge >= 0.3 is 0 Å². The SMILES string of the molecule is NC(=O)c1ccc([C@@H]2[C@@H]3C(=O)N(c4c(Cl)cccc4Cl)C(=O)[C@H]3ON2c2ccccc2)cc1. The summed E-state index contributed by atoms with van der Waals surface area (Å²) in [5, 5.41) is 1.94. The Labute approximate surface area is 199 Å². The number of anilines is 2. The lowest BCUT2D eigenvalue weighted by atomic mass is 9.90. The molecule has 5 rings (SSSR count). The molecule has 0 aliphatic carbocycles. The Balaban J connectivity index is 1.60. The van der Waals surface area contributed by atoms with Gasteiger partial charge in [0, 0.05) is 5.56 Å². The summed E-state index contributed by atoms with van der Waals surface area (Å²) in [7, 11) is 0. The summed E-state index contributed by atoms with van der Waals surface area (Å²) < 4.78 is 0. The van der Waals surface area contributed by atoms with Crippen LogP contribution in [0.5, 0.6) is 0 Å². The molecule has 3 aromatic rings. The highest BCUT2D eigenvalue weighted by atomic mass is 35.5. The number of hydrogen-bond donors (Lipinski definition) is 1. The number of imide groups is 1. The van der Waals surface area contributed by atoms with Gasteiger partial charge < -0.3 is 5.73 Å². The third-order valence-corrected chi connectivity index (χ3v) is 6.43. The van der Waals surface area contributed by atoms with E-state index in [2.05, 4.69) is 0 Å². The zero-order chi connectivity index (χ0) is 23.3. The van der Waals surface area contributed by atoms with Crippen molar-refractivity contribution in [1.82, 2.24) is 0 Å². The van der Waals surface area contributed by atoms with Gasteiger partial charge in [0.1, 0.15) is 5.92 Å². The average molecular weight is 482 g/mol. The minimum atomic E-state index is -1.06. The molecule has 166 valence electrons. The highest BCUT2D eigenvalue weighted by Gasteiger charge is 2.60. The topological polar surface area (TPSA) is 92.9 Å². The number of primary amides is 1. The van der Waals surface area contributed by atoms with Gasteiger partial charge in [0.2, 0.25) is 11.8 Å². The van der Waals surface area contributed by atoms with Crippen molar-refractivity contribution in [3.05, 3.63) is 94.0 Å². The lowest BCUT2D eigenvalue weighted by Gasteiger charge is -2.29. The standard InChI is InChI=1S/C24H17Cl2N3O4/c25-16-7-4-8-17(26)20(16)28-23(31)18-19(13-9-11-14(12-10-13)22(27)30)29(33-21(18)24(28)32)15-5-2-1-3-6-15/h1-12,18-19,21H,(H2,27,30)/t18-,19+,21-/m0/s1. The largest absolute Gasteiger partial charge is 0.366 e. The molecule has 3 aromatic carbocycles. The fraction of sp³-hybridized carbons (Fsp3) is 0.125. The number of carbonyl (C=O) groups excluding carboxylic acids is 3. The summed E-state index contributed by atoms with van der Waals surface area (Å²) in [6, 6.07) is 19.9. The fourth-order valence-electron chi connectivity index (χ4n) is 4.32. The van der Waals surface area contributed by atoms with Crippen molar-refractivity contribution < 1.29 is 19.2 Å². The van der Waals surface area contributed by atoms with Crippen molar-refractivity contribution in [3.8, 4) is 0 Å². The van der Waals surface area contributed by atoms with Crippen molar-refractivity contribution in [3.63, 3.8) is 0 Å². The van der Waals surface area contributed by atoms with Crippen LogP contribution in [0.3, 0.4) is 0 Å². The van der Waals surface area contributed by atoms with Crippen LogP contribution < -0.4 is 15.7 Å². The van der Waals surface area contributed by atoms with Gasteiger partial charge in [-0.15, -0.1) is 0 Å². The van der Waals surface area contributed by atoms with Crippen LogP contribution in [-0.2, 0) is 14.4 Å². The third kappa shape index (κ3) is 3.45. The second-order valence-corrected chi connectivity index (χ2v) is 8.54. The smallest absolute Gasteiger partial charge is 0.266 e. The van der Waals surface area contributed by atoms with E-state index in [4.69, 9.17) is 33.8 Å². The Morgan fingerprint density at radius 1 is 0.848 bits per heavy atom. The van der Waals surface area contributed by atoms with Gasteiger partial charge in [-0.2, -0.15) is 0 Å². The lowest BCUT2D eigenvalue weighted by Crippen LogP contribution is -2.37. The summed E-state index contributed by atoms with van der Waals surface area (Å²) in [6.45, 7) is 0. The molecule has 2 saturated heterocycles. The predicted octanol–water partition coefficient (Wildman–Crippen LogP) is 4.14. The van der Waals surface area contributed by atoms with Gasteiger partial charge in [-0.05, 0) is 42.0 Å². The molecule has 0 unspecified atom stereocenters. The third-order valence-electron chi connectivity index (χ3n) is 5.82. The number of amides is 3. The normalized spacial score (nSPS) is 22.1. The fourth-order valence-corrected chi connectivity index (χ4v) is 4.89. The molecule has 2 aliphatic rings. The maximum atomic E-state index is 13.6. The number of hydrogen-bond acceptors (Lipinski definition) is 5. The number of rotatable bonds is 4. The number of nitrogens with two attached hydrogens (primary N) is 1. The van der Waals surface area contributed by atoms with Crippen molar-refractivity contribution in [2.75, 3.05) is 9.96 Å². The number of fused-ring (bicyclic) bond motifs is 1. The number of carbonyl (C=O) groups is 3. The van der Waals surface area contributed by atoms with E-state index in [-0.39, 0.29) is 15.7 Å².